The molecule has 1 aromatic heterocycles. The highest BCUT2D eigenvalue weighted by Crippen LogP contribution is 2.18. The number of pyridine rings is 1. The molecule has 92 valence electrons. The molecule has 0 aromatic carbocycles. The van der Waals surface area contributed by atoms with Crippen molar-refractivity contribution in [2.24, 2.45) is 0 Å². The highest BCUT2D eigenvalue weighted by atomic mass is 16.5. The first kappa shape index (κ1) is 13.2. The molecule has 0 aliphatic heterocycles. The number of rotatable bonds is 7. The van der Waals surface area contributed by atoms with Crippen molar-refractivity contribution in [2.75, 3.05) is 44.5 Å². The van der Waals surface area contributed by atoms with E-state index in [1.54, 1.807) is 19.4 Å². The van der Waals surface area contributed by atoms with Gasteiger partial charge < -0.3 is 20.5 Å². The zero-order valence-corrected chi connectivity index (χ0v) is 9.77. The van der Waals surface area contributed by atoms with Crippen LogP contribution in [-0.4, -0.2) is 38.5 Å². The molecule has 3 N–H and O–H groups in total. The van der Waals surface area contributed by atoms with Gasteiger partial charge in [-0.3, -0.25) is 0 Å². The lowest BCUT2D eigenvalue weighted by molar-refractivity contribution is 0.0759. The SMILES string of the molecule is COCCOCCNc1nccc(C#N)c1N. The molecular formula is C11H16N4O2. The number of aromatic nitrogens is 1. The third kappa shape index (κ3) is 4.26. The van der Waals surface area contributed by atoms with Crippen molar-refractivity contribution in [1.82, 2.24) is 4.98 Å². The Morgan fingerprint density at radius 2 is 2.29 bits per heavy atom. The van der Waals surface area contributed by atoms with Crippen LogP contribution in [0.4, 0.5) is 11.5 Å². The molecule has 0 bridgehead atoms. The molecule has 1 aromatic rings. The Morgan fingerprint density at radius 3 is 3.00 bits per heavy atom. The number of nitrogens with one attached hydrogen (secondary N) is 1. The summed E-state index contributed by atoms with van der Waals surface area (Å²) in [6.45, 7) is 2.24. The minimum absolute atomic E-state index is 0.367. The van der Waals surface area contributed by atoms with E-state index >= 15 is 0 Å². The monoisotopic (exact) mass is 236 g/mol. The molecule has 6 heteroatoms. The van der Waals surface area contributed by atoms with E-state index in [0.29, 0.717) is 43.4 Å². The molecular weight excluding hydrogens is 220 g/mol. The van der Waals surface area contributed by atoms with E-state index in [0.717, 1.165) is 0 Å². The van der Waals surface area contributed by atoms with Crippen LogP contribution < -0.4 is 11.1 Å². The molecule has 0 aliphatic rings. The van der Waals surface area contributed by atoms with Gasteiger partial charge in [0.2, 0.25) is 0 Å². The molecule has 0 saturated heterocycles. The van der Waals surface area contributed by atoms with Crippen molar-refractivity contribution < 1.29 is 9.47 Å². The summed E-state index contributed by atoms with van der Waals surface area (Å²) in [5.41, 5.74) is 6.53. The molecule has 0 saturated carbocycles. The number of nitrogens with two attached hydrogens (primary N) is 1. The molecule has 17 heavy (non-hydrogen) atoms. The van der Waals surface area contributed by atoms with Gasteiger partial charge in [0.1, 0.15) is 6.07 Å². The third-order valence-electron chi connectivity index (χ3n) is 2.08. The number of nitrogens with zero attached hydrogens (tertiary/aromatic N) is 2. The number of nitriles is 1. The average molecular weight is 236 g/mol. The fraction of sp³-hybridized carbons (Fsp3) is 0.455. The quantitative estimate of drug-likeness (QED) is 0.674. The Morgan fingerprint density at radius 1 is 1.47 bits per heavy atom. The summed E-state index contributed by atoms with van der Waals surface area (Å²) in [5.74, 6) is 0.513. The topological polar surface area (TPSA) is 93.2 Å². The second-order valence-electron chi connectivity index (χ2n) is 3.26. The first-order chi connectivity index (χ1) is 8.29. The van der Waals surface area contributed by atoms with Crippen molar-refractivity contribution in [3.8, 4) is 6.07 Å². The lowest BCUT2D eigenvalue weighted by atomic mass is 10.2. The van der Waals surface area contributed by atoms with E-state index < -0.39 is 0 Å². The molecule has 0 fully saturated rings. The van der Waals surface area contributed by atoms with E-state index in [1.165, 1.54) is 0 Å². The van der Waals surface area contributed by atoms with E-state index in [1.807, 2.05) is 6.07 Å². The average Bonchev–Trinajstić information content (AvgIpc) is 2.35. The normalized spacial score (nSPS) is 9.88. The minimum atomic E-state index is 0.367. The highest BCUT2D eigenvalue weighted by molar-refractivity contribution is 5.68. The molecule has 1 rings (SSSR count). The van der Waals surface area contributed by atoms with Gasteiger partial charge in [0, 0.05) is 19.9 Å². The highest BCUT2D eigenvalue weighted by Gasteiger charge is 2.04. The second-order valence-corrected chi connectivity index (χ2v) is 3.26. The smallest absolute Gasteiger partial charge is 0.150 e. The van der Waals surface area contributed by atoms with Gasteiger partial charge in [-0.05, 0) is 6.07 Å². The summed E-state index contributed by atoms with van der Waals surface area (Å²) in [4.78, 5) is 4.05. The van der Waals surface area contributed by atoms with Crippen molar-refractivity contribution >= 4 is 11.5 Å². The number of anilines is 2. The van der Waals surface area contributed by atoms with Gasteiger partial charge >= 0.3 is 0 Å². The van der Waals surface area contributed by atoms with Gasteiger partial charge in [-0.1, -0.05) is 0 Å². The lowest BCUT2D eigenvalue weighted by Crippen LogP contribution is -2.14. The largest absolute Gasteiger partial charge is 0.395 e. The van der Waals surface area contributed by atoms with E-state index in [9.17, 15) is 0 Å². The maximum Gasteiger partial charge on any atom is 0.150 e. The molecule has 0 atom stereocenters. The van der Waals surface area contributed by atoms with Crippen LogP contribution in [0, 0.1) is 11.3 Å². The Hall–Kier alpha value is -1.84. The summed E-state index contributed by atoms with van der Waals surface area (Å²) in [6.07, 6.45) is 1.54. The molecule has 1 heterocycles. The molecule has 0 spiro atoms. The zero-order valence-electron chi connectivity index (χ0n) is 9.77. The van der Waals surface area contributed by atoms with Gasteiger partial charge in [0.15, 0.2) is 5.82 Å². The first-order valence-corrected chi connectivity index (χ1v) is 5.24. The summed E-state index contributed by atoms with van der Waals surface area (Å²) in [7, 11) is 1.62. The first-order valence-electron chi connectivity index (χ1n) is 5.24. The predicted octanol–water partition coefficient (Wildman–Crippen LogP) is 0.610. The van der Waals surface area contributed by atoms with E-state index in [2.05, 4.69) is 10.3 Å². The zero-order chi connectivity index (χ0) is 12.5. The molecule has 0 aliphatic carbocycles. The lowest BCUT2D eigenvalue weighted by Gasteiger charge is -2.09. The number of ether oxygens (including phenoxy) is 2. The summed E-state index contributed by atoms with van der Waals surface area (Å²) < 4.78 is 10.1. The third-order valence-corrected chi connectivity index (χ3v) is 2.08. The van der Waals surface area contributed by atoms with Gasteiger partial charge in [-0.15, -0.1) is 0 Å². The number of hydrogen-bond donors (Lipinski definition) is 2. The maximum absolute atomic E-state index is 8.79. The Balaban J connectivity index is 2.35. The molecule has 0 radical (unpaired) electrons. The van der Waals surface area contributed by atoms with Crippen LogP contribution in [0.3, 0.4) is 0 Å². The van der Waals surface area contributed by atoms with Crippen LogP contribution in [0.1, 0.15) is 5.56 Å². The van der Waals surface area contributed by atoms with Gasteiger partial charge in [0.05, 0.1) is 31.1 Å². The van der Waals surface area contributed by atoms with E-state index in [4.69, 9.17) is 20.5 Å². The molecule has 6 nitrogen and oxygen atoms in total. The Kier molecular flexibility index (Phi) is 5.79. The summed E-state index contributed by atoms with van der Waals surface area (Å²) >= 11 is 0. The van der Waals surface area contributed by atoms with Gasteiger partial charge in [-0.2, -0.15) is 5.26 Å². The maximum atomic E-state index is 8.79. The number of hydrogen-bond acceptors (Lipinski definition) is 6. The fourth-order valence-corrected chi connectivity index (χ4v) is 1.20. The number of nitrogen functional groups attached to an aromatic ring is 1. The van der Waals surface area contributed by atoms with Crippen LogP contribution in [0.25, 0.3) is 0 Å². The fourth-order valence-electron chi connectivity index (χ4n) is 1.20. The van der Waals surface area contributed by atoms with Gasteiger partial charge in [0.25, 0.3) is 0 Å². The standard InChI is InChI=1S/C11H16N4O2/c1-16-6-7-17-5-4-15-11-10(13)9(8-12)2-3-14-11/h2-3H,4-7,13H2,1H3,(H,14,15). The number of methoxy groups -OCH3 is 1. The van der Waals surface area contributed by atoms with Crippen LogP contribution >= 0.6 is 0 Å². The summed E-state index contributed by atoms with van der Waals surface area (Å²) in [6, 6.07) is 3.58. The Bertz CT molecular complexity index is 390. The van der Waals surface area contributed by atoms with Crippen LogP contribution in [0.5, 0.6) is 0 Å². The van der Waals surface area contributed by atoms with Crippen molar-refractivity contribution in [3.05, 3.63) is 17.8 Å². The Labute approximate surface area is 100 Å². The molecule has 0 unspecified atom stereocenters. The predicted molar refractivity (Wildman–Crippen MR) is 64.5 cm³/mol. The van der Waals surface area contributed by atoms with E-state index in [-0.39, 0.29) is 0 Å². The van der Waals surface area contributed by atoms with Crippen molar-refractivity contribution in [1.29, 1.82) is 5.26 Å². The van der Waals surface area contributed by atoms with Crippen molar-refractivity contribution in [2.45, 2.75) is 0 Å². The van der Waals surface area contributed by atoms with Crippen molar-refractivity contribution in [3.63, 3.8) is 0 Å². The molecule has 0 amide bonds. The van der Waals surface area contributed by atoms with Crippen LogP contribution in [-0.2, 0) is 9.47 Å². The summed E-state index contributed by atoms with van der Waals surface area (Å²) in [5, 5.41) is 11.8. The van der Waals surface area contributed by atoms with Gasteiger partial charge in [-0.25, -0.2) is 4.98 Å². The minimum Gasteiger partial charge on any atom is -0.395 e. The van der Waals surface area contributed by atoms with Crippen LogP contribution in [0.2, 0.25) is 0 Å². The second kappa shape index (κ2) is 7.44. The van der Waals surface area contributed by atoms with Crippen LogP contribution in [0.15, 0.2) is 12.3 Å².